The van der Waals surface area contributed by atoms with Crippen molar-refractivity contribution in [3.05, 3.63) is 28.5 Å². The summed E-state index contributed by atoms with van der Waals surface area (Å²) in [5.74, 6) is -0.671. The van der Waals surface area contributed by atoms with Crippen molar-refractivity contribution < 1.29 is 18.3 Å². The molecule has 0 bridgehead atoms. The van der Waals surface area contributed by atoms with E-state index in [0.717, 1.165) is 6.07 Å². The quantitative estimate of drug-likeness (QED) is 0.597. The fourth-order valence-corrected chi connectivity index (χ4v) is 1.17. The molecule has 82 valence electrons. The molecule has 0 spiro atoms. The number of carbonyl (C=O) groups is 1. The maximum atomic E-state index is 12.2. The summed E-state index contributed by atoms with van der Waals surface area (Å²) in [6.07, 6.45) is -2.71. The van der Waals surface area contributed by atoms with Crippen LogP contribution < -0.4 is 0 Å². The zero-order valence-corrected chi connectivity index (χ0v) is 8.59. The van der Waals surface area contributed by atoms with Crippen LogP contribution in [0, 0.1) is 0 Å². The summed E-state index contributed by atoms with van der Waals surface area (Å²) in [4.78, 5) is 14.6. The first kappa shape index (κ1) is 11.8. The number of aromatic nitrogens is 1. The Balaban J connectivity index is 2.98. The van der Waals surface area contributed by atoms with Gasteiger partial charge in [0.25, 0.3) is 6.43 Å². The van der Waals surface area contributed by atoms with E-state index in [-0.39, 0.29) is 17.3 Å². The van der Waals surface area contributed by atoms with E-state index in [2.05, 4.69) is 9.72 Å². The first-order chi connectivity index (χ1) is 7.06. The van der Waals surface area contributed by atoms with Crippen LogP contribution >= 0.6 is 11.6 Å². The smallest absolute Gasteiger partial charge is 0.341 e. The Morgan fingerprint density at radius 2 is 2.27 bits per heavy atom. The average molecular weight is 236 g/mol. The molecule has 0 N–H and O–H groups in total. The molecular formula is C9H8ClF2NO2. The van der Waals surface area contributed by atoms with Crippen LogP contribution in [-0.2, 0) is 4.74 Å². The molecule has 6 heteroatoms. The molecule has 0 aromatic carbocycles. The zero-order valence-electron chi connectivity index (χ0n) is 7.84. The summed E-state index contributed by atoms with van der Waals surface area (Å²) in [7, 11) is 0. The number of halogens is 3. The van der Waals surface area contributed by atoms with Crippen molar-refractivity contribution in [2.45, 2.75) is 13.3 Å². The van der Waals surface area contributed by atoms with Crippen molar-refractivity contribution in [3.8, 4) is 0 Å². The maximum absolute atomic E-state index is 12.2. The van der Waals surface area contributed by atoms with Crippen molar-refractivity contribution in [2.24, 2.45) is 0 Å². The van der Waals surface area contributed by atoms with Crippen molar-refractivity contribution in [2.75, 3.05) is 6.61 Å². The van der Waals surface area contributed by atoms with E-state index in [1.165, 1.54) is 6.07 Å². The zero-order chi connectivity index (χ0) is 11.4. The summed E-state index contributed by atoms with van der Waals surface area (Å²) < 4.78 is 29.0. The Morgan fingerprint density at radius 1 is 1.60 bits per heavy atom. The van der Waals surface area contributed by atoms with Gasteiger partial charge in [-0.15, -0.1) is 0 Å². The number of hydrogen-bond donors (Lipinski definition) is 0. The van der Waals surface area contributed by atoms with E-state index in [9.17, 15) is 13.6 Å². The van der Waals surface area contributed by atoms with E-state index in [4.69, 9.17) is 11.6 Å². The summed E-state index contributed by atoms with van der Waals surface area (Å²) >= 11 is 5.56. The molecule has 0 fully saturated rings. The topological polar surface area (TPSA) is 39.2 Å². The van der Waals surface area contributed by atoms with Crippen LogP contribution in [0.15, 0.2) is 12.1 Å². The van der Waals surface area contributed by atoms with Gasteiger partial charge in [-0.1, -0.05) is 11.6 Å². The Hall–Kier alpha value is -1.23. The highest BCUT2D eigenvalue weighted by molar-refractivity contribution is 6.32. The standard InChI is InChI=1S/C9H8ClF2NO2/c1-2-15-9(14)5-3-4-6(8(11)12)13-7(5)10/h3-4,8H,2H2,1H3. The molecule has 0 aliphatic carbocycles. The number of alkyl halides is 2. The van der Waals surface area contributed by atoms with Gasteiger partial charge in [0.05, 0.1) is 12.2 Å². The highest BCUT2D eigenvalue weighted by Crippen LogP contribution is 2.21. The molecule has 0 aliphatic rings. The van der Waals surface area contributed by atoms with Crippen molar-refractivity contribution in [1.29, 1.82) is 0 Å². The minimum absolute atomic E-state index is 0.0112. The van der Waals surface area contributed by atoms with Gasteiger partial charge < -0.3 is 4.74 Å². The summed E-state index contributed by atoms with van der Waals surface area (Å²) in [6, 6.07) is 2.22. The fourth-order valence-electron chi connectivity index (χ4n) is 0.931. The predicted octanol–water partition coefficient (Wildman–Crippen LogP) is 2.85. The molecule has 0 aliphatic heterocycles. The van der Waals surface area contributed by atoms with Crippen molar-refractivity contribution in [3.63, 3.8) is 0 Å². The van der Waals surface area contributed by atoms with E-state index in [1.807, 2.05) is 0 Å². The van der Waals surface area contributed by atoms with E-state index in [0.29, 0.717) is 0 Å². The predicted molar refractivity (Wildman–Crippen MR) is 50.2 cm³/mol. The third-order valence-corrected chi connectivity index (χ3v) is 1.88. The van der Waals surface area contributed by atoms with Gasteiger partial charge in [0, 0.05) is 0 Å². The number of ether oxygens (including phenoxy) is 1. The monoisotopic (exact) mass is 235 g/mol. The van der Waals surface area contributed by atoms with Crippen molar-refractivity contribution in [1.82, 2.24) is 4.98 Å². The van der Waals surface area contributed by atoms with Crippen LogP contribution in [0.2, 0.25) is 5.15 Å². The molecular weight excluding hydrogens is 228 g/mol. The van der Waals surface area contributed by atoms with Gasteiger partial charge in [-0.05, 0) is 19.1 Å². The minimum Gasteiger partial charge on any atom is -0.462 e. The number of pyridine rings is 1. The molecule has 0 unspecified atom stereocenters. The number of esters is 1. The first-order valence-electron chi connectivity index (χ1n) is 4.18. The van der Waals surface area contributed by atoms with Gasteiger partial charge in [0.15, 0.2) is 0 Å². The molecule has 1 aromatic rings. The summed E-state index contributed by atoms with van der Waals surface area (Å²) in [6.45, 7) is 1.82. The second kappa shape index (κ2) is 5.02. The van der Waals surface area contributed by atoms with E-state index < -0.39 is 18.1 Å². The van der Waals surface area contributed by atoms with Crippen LogP contribution in [0.5, 0.6) is 0 Å². The number of nitrogens with zero attached hydrogens (tertiary/aromatic N) is 1. The van der Waals surface area contributed by atoms with Gasteiger partial charge in [-0.3, -0.25) is 0 Å². The molecule has 1 heterocycles. The van der Waals surface area contributed by atoms with E-state index >= 15 is 0 Å². The molecule has 0 amide bonds. The average Bonchev–Trinajstić information content (AvgIpc) is 2.17. The number of carbonyl (C=O) groups excluding carboxylic acids is 1. The molecule has 0 saturated heterocycles. The number of hydrogen-bond acceptors (Lipinski definition) is 3. The van der Waals surface area contributed by atoms with Crippen LogP contribution in [-0.4, -0.2) is 17.6 Å². The van der Waals surface area contributed by atoms with Crippen LogP contribution in [0.4, 0.5) is 8.78 Å². The minimum atomic E-state index is -2.71. The highest BCUT2D eigenvalue weighted by atomic mass is 35.5. The normalized spacial score (nSPS) is 10.5. The van der Waals surface area contributed by atoms with E-state index in [1.54, 1.807) is 6.92 Å². The molecule has 1 aromatic heterocycles. The Kier molecular flexibility index (Phi) is 3.96. The number of rotatable bonds is 3. The lowest BCUT2D eigenvalue weighted by molar-refractivity contribution is 0.0525. The molecule has 0 atom stereocenters. The van der Waals surface area contributed by atoms with Crippen LogP contribution in [0.3, 0.4) is 0 Å². The Bertz CT molecular complexity index is 371. The van der Waals surface area contributed by atoms with Gasteiger partial charge >= 0.3 is 5.97 Å². The van der Waals surface area contributed by atoms with Crippen LogP contribution in [0.1, 0.15) is 29.4 Å². The molecule has 15 heavy (non-hydrogen) atoms. The molecule has 1 rings (SSSR count). The van der Waals surface area contributed by atoms with Gasteiger partial charge in [-0.25, -0.2) is 18.6 Å². The largest absolute Gasteiger partial charge is 0.462 e. The van der Waals surface area contributed by atoms with Crippen molar-refractivity contribution >= 4 is 17.6 Å². The lowest BCUT2D eigenvalue weighted by Gasteiger charge is -2.05. The van der Waals surface area contributed by atoms with Gasteiger partial charge in [-0.2, -0.15) is 0 Å². The first-order valence-corrected chi connectivity index (χ1v) is 4.55. The molecule has 0 saturated carbocycles. The Morgan fingerprint density at radius 3 is 2.73 bits per heavy atom. The second-order valence-electron chi connectivity index (χ2n) is 2.60. The Labute approximate surface area is 90.0 Å². The lowest BCUT2D eigenvalue weighted by Crippen LogP contribution is -2.07. The summed E-state index contributed by atoms with van der Waals surface area (Å²) in [5, 5.41) is -0.272. The second-order valence-corrected chi connectivity index (χ2v) is 2.95. The fraction of sp³-hybridized carbons (Fsp3) is 0.333. The molecule has 3 nitrogen and oxygen atoms in total. The highest BCUT2D eigenvalue weighted by Gasteiger charge is 2.16. The lowest BCUT2D eigenvalue weighted by atomic mass is 10.2. The third-order valence-electron chi connectivity index (χ3n) is 1.59. The van der Waals surface area contributed by atoms with Gasteiger partial charge in [0.2, 0.25) is 0 Å². The maximum Gasteiger partial charge on any atom is 0.341 e. The third kappa shape index (κ3) is 2.86. The summed E-state index contributed by atoms with van der Waals surface area (Å²) in [5.41, 5.74) is -0.476. The molecule has 0 radical (unpaired) electrons. The SMILES string of the molecule is CCOC(=O)c1ccc(C(F)F)nc1Cl. The van der Waals surface area contributed by atoms with Crippen LogP contribution in [0.25, 0.3) is 0 Å². The van der Waals surface area contributed by atoms with Gasteiger partial charge in [0.1, 0.15) is 10.8 Å².